The molecular formula is C3H4N4O2S. The molecule has 1 rings (SSSR count). The van der Waals surface area contributed by atoms with Crippen LogP contribution in [0.4, 0.5) is 9.93 Å². The summed E-state index contributed by atoms with van der Waals surface area (Å²) in [6.45, 7) is 0. The first kappa shape index (κ1) is 6.90. The number of aromatic nitrogens is 2. The largest absolute Gasteiger partial charge is 0.464 e. The van der Waals surface area contributed by atoms with Crippen molar-refractivity contribution in [1.29, 1.82) is 0 Å². The average molecular weight is 160 g/mol. The second kappa shape index (κ2) is 2.58. The molecule has 0 radical (unpaired) electrons. The SMILES string of the molecule is NN(C(=O)O)c1nncs1. The fourth-order valence-corrected chi connectivity index (χ4v) is 0.829. The maximum atomic E-state index is 10.1. The Hall–Kier alpha value is -1.21. The van der Waals surface area contributed by atoms with E-state index in [0.717, 1.165) is 11.3 Å². The fourth-order valence-electron chi connectivity index (χ4n) is 0.354. The minimum atomic E-state index is -1.25. The van der Waals surface area contributed by atoms with E-state index in [1.807, 2.05) is 0 Å². The van der Waals surface area contributed by atoms with Crippen molar-refractivity contribution < 1.29 is 9.90 Å². The Morgan fingerprint density at radius 1 is 1.90 bits per heavy atom. The van der Waals surface area contributed by atoms with E-state index in [1.54, 1.807) is 0 Å². The van der Waals surface area contributed by atoms with Crippen molar-refractivity contribution in [2.45, 2.75) is 0 Å². The number of carbonyl (C=O) groups is 1. The fraction of sp³-hybridized carbons (Fsp3) is 0. The van der Waals surface area contributed by atoms with Crippen molar-refractivity contribution in [2.75, 3.05) is 5.01 Å². The van der Waals surface area contributed by atoms with Crippen molar-refractivity contribution >= 4 is 22.6 Å². The number of hydrazine groups is 1. The van der Waals surface area contributed by atoms with E-state index in [4.69, 9.17) is 10.9 Å². The van der Waals surface area contributed by atoms with E-state index in [0.29, 0.717) is 5.01 Å². The molecule has 0 saturated heterocycles. The lowest BCUT2D eigenvalue weighted by molar-refractivity contribution is 0.202. The summed E-state index contributed by atoms with van der Waals surface area (Å²) in [5.74, 6) is 5.02. The molecule has 10 heavy (non-hydrogen) atoms. The number of carboxylic acid groups (broad SMARTS) is 1. The monoisotopic (exact) mass is 160 g/mol. The highest BCUT2D eigenvalue weighted by atomic mass is 32.1. The molecule has 0 aromatic carbocycles. The lowest BCUT2D eigenvalue weighted by atomic mass is 11.0. The summed E-state index contributed by atoms with van der Waals surface area (Å²) in [6, 6.07) is 0. The lowest BCUT2D eigenvalue weighted by Crippen LogP contribution is -2.35. The maximum absolute atomic E-state index is 10.1. The van der Waals surface area contributed by atoms with Crippen LogP contribution in [0.1, 0.15) is 0 Å². The van der Waals surface area contributed by atoms with Crippen LogP contribution in [0, 0.1) is 0 Å². The molecule has 0 atom stereocenters. The minimum absolute atomic E-state index is 0.160. The van der Waals surface area contributed by atoms with Gasteiger partial charge in [-0.1, -0.05) is 11.3 Å². The second-order valence-corrected chi connectivity index (χ2v) is 2.19. The Morgan fingerprint density at radius 3 is 3.00 bits per heavy atom. The molecule has 0 spiro atoms. The summed E-state index contributed by atoms with van der Waals surface area (Å²) in [6.07, 6.45) is -1.25. The normalized spacial score (nSPS) is 9.30. The standard InChI is InChI=1S/C3H4N4O2S/c4-7(3(8)9)2-6-5-1-10-2/h1H,4H2,(H,8,9). The van der Waals surface area contributed by atoms with Gasteiger partial charge in [0, 0.05) is 0 Å². The Labute approximate surface area is 59.9 Å². The van der Waals surface area contributed by atoms with Crippen LogP contribution < -0.4 is 10.9 Å². The predicted octanol–water partition coefficient (Wildman–Crippen LogP) is -0.104. The molecular weight excluding hydrogens is 156 g/mol. The first-order chi connectivity index (χ1) is 4.72. The molecule has 1 aromatic rings. The second-order valence-electron chi connectivity index (χ2n) is 1.37. The highest BCUT2D eigenvalue weighted by Crippen LogP contribution is 2.11. The molecule has 0 fully saturated rings. The summed E-state index contributed by atoms with van der Waals surface area (Å²) < 4.78 is 0. The number of hydrogen-bond donors (Lipinski definition) is 2. The van der Waals surface area contributed by atoms with Gasteiger partial charge in [0.05, 0.1) is 0 Å². The molecule has 1 heterocycles. The molecule has 0 saturated carbocycles. The van der Waals surface area contributed by atoms with Crippen molar-refractivity contribution in [3.05, 3.63) is 5.51 Å². The highest BCUT2D eigenvalue weighted by Gasteiger charge is 2.11. The predicted molar refractivity (Wildman–Crippen MR) is 34.6 cm³/mol. The van der Waals surface area contributed by atoms with Gasteiger partial charge in [0.2, 0.25) is 5.13 Å². The Kier molecular flexibility index (Phi) is 1.78. The number of nitrogens with zero attached hydrogens (tertiary/aromatic N) is 3. The molecule has 1 amide bonds. The third kappa shape index (κ3) is 1.20. The zero-order valence-corrected chi connectivity index (χ0v) is 5.58. The first-order valence-electron chi connectivity index (χ1n) is 2.25. The van der Waals surface area contributed by atoms with Crippen LogP contribution in [0.5, 0.6) is 0 Å². The van der Waals surface area contributed by atoms with Gasteiger partial charge >= 0.3 is 6.09 Å². The van der Waals surface area contributed by atoms with Gasteiger partial charge in [0.1, 0.15) is 5.51 Å². The maximum Gasteiger partial charge on any atom is 0.428 e. The van der Waals surface area contributed by atoms with E-state index in [9.17, 15) is 4.79 Å². The van der Waals surface area contributed by atoms with Gasteiger partial charge in [-0.15, -0.1) is 10.2 Å². The summed E-state index contributed by atoms with van der Waals surface area (Å²) in [7, 11) is 0. The Morgan fingerprint density at radius 2 is 2.60 bits per heavy atom. The summed E-state index contributed by atoms with van der Waals surface area (Å²) in [5, 5.41) is 15.8. The summed E-state index contributed by atoms with van der Waals surface area (Å²) in [5.41, 5.74) is 1.40. The van der Waals surface area contributed by atoms with E-state index in [2.05, 4.69) is 10.2 Å². The van der Waals surface area contributed by atoms with Gasteiger partial charge in [0.15, 0.2) is 0 Å². The molecule has 7 heteroatoms. The molecule has 1 aromatic heterocycles. The average Bonchev–Trinajstić information content (AvgIpc) is 2.36. The topological polar surface area (TPSA) is 92.3 Å². The van der Waals surface area contributed by atoms with Crippen molar-refractivity contribution in [2.24, 2.45) is 5.84 Å². The molecule has 0 aliphatic rings. The van der Waals surface area contributed by atoms with E-state index < -0.39 is 6.09 Å². The molecule has 0 aliphatic heterocycles. The van der Waals surface area contributed by atoms with E-state index in [1.165, 1.54) is 5.51 Å². The minimum Gasteiger partial charge on any atom is -0.464 e. The highest BCUT2D eigenvalue weighted by molar-refractivity contribution is 7.13. The van der Waals surface area contributed by atoms with Crippen LogP contribution >= 0.6 is 11.3 Å². The smallest absolute Gasteiger partial charge is 0.428 e. The van der Waals surface area contributed by atoms with Gasteiger partial charge < -0.3 is 5.11 Å². The molecule has 0 aliphatic carbocycles. The van der Waals surface area contributed by atoms with Crippen molar-refractivity contribution in [3.63, 3.8) is 0 Å². The molecule has 0 bridgehead atoms. The third-order valence-corrected chi connectivity index (χ3v) is 1.45. The zero-order valence-electron chi connectivity index (χ0n) is 4.76. The lowest BCUT2D eigenvalue weighted by Gasteiger charge is -2.04. The quantitative estimate of drug-likeness (QED) is 0.340. The molecule has 54 valence electrons. The van der Waals surface area contributed by atoms with Crippen molar-refractivity contribution in [3.8, 4) is 0 Å². The van der Waals surface area contributed by atoms with Crippen LogP contribution in [0.25, 0.3) is 0 Å². The van der Waals surface area contributed by atoms with Gasteiger partial charge in [0.25, 0.3) is 0 Å². The van der Waals surface area contributed by atoms with Crippen LogP contribution in [0.15, 0.2) is 5.51 Å². The van der Waals surface area contributed by atoms with Crippen LogP contribution in [-0.2, 0) is 0 Å². The van der Waals surface area contributed by atoms with E-state index >= 15 is 0 Å². The molecule has 0 unspecified atom stereocenters. The Bertz CT molecular complexity index is 222. The molecule has 3 N–H and O–H groups in total. The van der Waals surface area contributed by atoms with Crippen LogP contribution in [0.2, 0.25) is 0 Å². The number of nitrogens with two attached hydrogens (primary N) is 1. The first-order valence-corrected chi connectivity index (χ1v) is 3.13. The zero-order chi connectivity index (χ0) is 7.56. The number of anilines is 1. The van der Waals surface area contributed by atoms with Crippen molar-refractivity contribution in [1.82, 2.24) is 10.2 Å². The van der Waals surface area contributed by atoms with E-state index in [-0.39, 0.29) is 5.13 Å². The van der Waals surface area contributed by atoms with Gasteiger partial charge in [-0.3, -0.25) is 0 Å². The molecule has 6 nitrogen and oxygen atoms in total. The van der Waals surface area contributed by atoms with Gasteiger partial charge in [-0.05, 0) is 0 Å². The number of amides is 1. The summed E-state index contributed by atoms with van der Waals surface area (Å²) >= 11 is 1.06. The van der Waals surface area contributed by atoms with Gasteiger partial charge in [-0.2, -0.15) is 5.01 Å². The number of rotatable bonds is 1. The number of hydrogen-bond acceptors (Lipinski definition) is 5. The van der Waals surface area contributed by atoms with Crippen LogP contribution in [0.3, 0.4) is 0 Å². The summed E-state index contributed by atoms with van der Waals surface area (Å²) in [4.78, 5) is 10.1. The van der Waals surface area contributed by atoms with Gasteiger partial charge in [-0.25, -0.2) is 10.6 Å². The Balaban J connectivity index is 2.77. The van der Waals surface area contributed by atoms with Crippen LogP contribution in [-0.4, -0.2) is 21.4 Å². The third-order valence-electron chi connectivity index (χ3n) is 0.761.